The Balaban J connectivity index is 0.00000144. The second-order valence-corrected chi connectivity index (χ2v) is 7.79. The van der Waals surface area contributed by atoms with Gasteiger partial charge in [0.15, 0.2) is 0 Å². The molecule has 0 aromatic carbocycles. The fraction of sp³-hybridized carbons (Fsp3) is 0.400. The molecule has 0 nitrogen and oxygen atoms in total. The Morgan fingerprint density at radius 3 is 1.67 bits per heavy atom. The SMILES string of the molecule is Cl.Cl.[CH2]=[Ti]([C]1=C(CC)C=CC1)[C]1=C(CC)C=CC1. The molecule has 0 amide bonds. The molecule has 0 radical (unpaired) electrons. The van der Waals surface area contributed by atoms with Crippen LogP contribution in [0.2, 0.25) is 0 Å². The van der Waals surface area contributed by atoms with Gasteiger partial charge in [0.25, 0.3) is 0 Å². The summed E-state index contributed by atoms with van der Waals surface area (Å²) in [6.45, 7) is 4.53. The van der Waals surface area contributed by atoms with Crippen molar-refractivity contribution < 1.29 is 17.4 Å². The van der Waals surface area contributed by atoms with Gasteiger partial charge < -0.3 is 0 Å². The molecule has 0 spiro atoms. The van der Waals surface area contributed by atoms with E-state index in [1.54, 1.807) is 18.9 Å². The normalized spacial score (nSPS) is 17.0. The van der Waals surface area contributed by atoms with Crippen molar-refractivity contribution in [2.45, 2.75) is 39.5 Å². The number of allylic oxidation sites excluding steroid dienone is 8. The monoisotopic (exact) mass is 320 g/mol. The Morgan fingerprint density at radius 2 is 1.33 bits per heavy atom. The molecule has 0 saturated heterocycles. The average molecular weight is 321 g/mol. The molecule has 0 aromatic rings. The molecule has 2 aliphatic rings. The van der Waals surface area contributed by atoms with Crippen molar-refractivity contribution >= 4 is 29.6 Å². The fourth-order valence-corrected chi connectivity index (χ4v) is 6.31. The van der Waals surface area contributed by atoms with Crippen LogP contribution in [-0.4, -0.2) is 4.82 Å². The van der Waals surface area contributed by atoms with Gasteiger partial charge >= 0.3 is 105 Å². The summed E-state index contributed by atoms with van der Waals surface area (Å²) < 4.78 is 3.43. The second-order valence-electron chi connectivity index (χ2n) is 4.41. The summed E-state index contributed by atoms with van der Waals surface area (Å²) in [6, 6.07) is 0. The maximum absolute atomic E-state index is 4.57. The van der Waals surface area contributed by atoms with Crippen molar-refractivity contribution in [1.82, 2.24) is 0 Å². The molecule has 0 aromatic heterocycles. The summed E-state index contributed by atoms with van der Waals surface area (Å²) in [5, 5.41) is 0. The van der Waals surface area contributed by atoms with E-state index in [-0.39, 0.29) is 24.8 Å². The molecule has 0 atom stereocenters. The third-order valence-corrected chi connectivity index (χ3v) is 7.46. The Morgan fingerprint density at radius 1 is 0.944 bits per heavy atom. The van der Waals surface area contributed by atoms with Crippen LogP contribution in [0, 0.1) is 0 Å². The molecular weight excluding hydrogens is 299 g/mol. The van der Waals surface area contributed by atoms with Crippen molar-refractivity contribution in [3.8, 4) is 0 Å². The standard InChI is InChI=1S/2C7H9.CH2.2ClH.Ti/c2*1-2-7-5-3-4-6-7;;;;/h2*3,5H,2,4H2,1H3;1H2;2*1H;. The quantitative estimate of drug-likeness (QED) is 0.630. The number of hydrogen-bond acceptors (Lipinski definition) is 0. The Hall–Kier alpha value is 0.124. The first-order valence-corrected chi connectivity index (χ1v) is 8.91. The van der Waals surface area contributed by atoms with Crippen LogP contribution in [0.5, 0.6) is 0 Å². The average Bonchev–Trinajstić information content (AvgIpc) is 2.96. The van der Waals surface area contributed by atoms with Gasteiger partial charge in [-0.05, 0) is 0 Å². The fourth-order valence-electron chi connectivity index (χ4n) is 2.58. The summed E-state index contributed by atoms with van der Waals surface area (Å²) in [4.78, 5) is 4.57. The maximum atomic E-state index is 4.57. The van der Waals surface area contributed by atoms with Gasteiger partial charge in [-0.15, -0.1) is 24.8 Å². The summed E-state index contributed by atoms with van der Waals surface area (Å²) in [5.74, 6) is 0. The predicted molar refractivity (Wildman–Crippen MR) is 83.8 cm³/mol. The molecule has 0 heterocycles. The van der Waals surface area contributed by atoms with Crippen molar-refractivity contribution in [3.63, 3.8) is 0 Å². The molecule has 0 aliphatic heterocycles. The van der Waals surface area contributed by atoms with Crippen LogP contribution in [0.15, 0.2) is 43.2 Å². The van der Waals surface area contributed by atoms with E-state index in [1.807, 2.05) is 0 Å². The van der Waals surface area contributed by atoms with E-state index >= 15 is 0 Å². The Bertz CT molecular complexity index is 399. The van der Waals surface area contributed by atoms with Gasteiger partial charge in [-0.1, -0.05) is 0 Å². The van der Waals surface area contributed by atoms with E-state index in [4.69, 9.17) is 0 Å². The zero-order valence-corrected chi connectivity index (χ0v) is 14.4. The van der Waals surface area contributed by atoms with Crippen LogP contribution in [0.3, 0.4) is 0 Å². The van der Waals surface area contributed by atoms with Gasteiger partial charge in [-0.2, -0.15) is 0 Å². The van der Waals surface area contributed by atoms with Gasteiger partial charge in [0.1, 0.15) is 0 Å². The molecule has 0 bridgehead atoms. The van der Waals surface area contributed by atoms with Crippen molar-refractivity contribution in [1.29, 1.82) is 0 Å². The molecule has 0 fully saturated rings. The second kappa shape index (κ2) is 8.33. The molecule has 0 unspecified atom stereocenters. The van der Waals surface area contributed by atoms with Gasteiger partial charge in [0.05, 0.1) is 0 Å². The van der Waals surface area contributed by atoms with Crippen LogP contribution in [-0.2, 0) is 17.4 Å². The topological polar surface area (TPSA) is 0 Å². The Labute approximate surface area is 129 Å². The molecule has 3 heteroatoms. The first kappa shape index (κ1) is 18.1. The van der Waals surface area contributed by atoms with Crippen molar-refractivity contribution in [2.24, 2.45) is 0 Å². The first-order chi connectivity index (χ1) is 7.77. The van der Waals surface area contributed by atoms with Gasteiger partial charge in [-0.25, -0.2) is 0 Å². The van der Waals surface area contributed by atoms with E-state index in [0.29, 0.717) is 0 Å². The van der Waals surface area contributed by atoms with E-state index in [9.17, 15) is 0 Å². The van der Waals surface area contributed by atoms with Crippen LogP contribution in [0.25, 0.3) is 0 Å². The van der Waals surface area contributed by atoms with Crippen molar-refractivity contribution in [2.75, 3.05) is 0 Å². The van der Waals surface area contributed by atoms with Gasteiger partial charge in [-0.3, -0.25) is 0 Å². The molecule has 0 saturated carbocycles. The van der Waals surface area contributed by atoms with Crippen molar-refractivity contribution in [3.05, 3.63) is 43.2 Å². The molecule has 2 rings (SSSR count). The van der Waals surface area contributed by atoms with Crippen LogP contribution >= 0.6 is 24.8 Å². The summed E-state index contributed by atoms with van der Waals surface area (Å²) >= 11 is -1.37. The molecule has 18 heavy (non-hydrogen) atoms. The zero-order chi connectivity index (χ0) is 11.5. The third-order valence-electron chi connectivity index (χ3n) is 3.55. The first-order valence-electron chi connectivity index (χ1n) is 6.24. The number of rotatable bonds is 4. The van der Waals surface area contributed by atoms with Gasteiger partial charge in [0, 0.05) is 0 Å². The van der Waals surface area contributed by atoms with E-state index < -0.39 is 17.4 Å². The van der Waals surface area contributed by atoms with E-state index in [0.717, 1.165) is 0 Å². The summed E-state index contributed by atoms with van der Waals surface area (Å²) in [5.41, 5.74) is 3.17. The minimum atomic E-state index is -1.37. The van der Waals surface area contributed by atoms with E-state index in [2.05, 4.69) is 43.0 Å². The van der Waals surface area contributed by atoms with E-state index in [1.165, 1.54) is 25.7 Å². The Kier molecular flexibility index (Phi) is 8.38. The molecule has 0 N–H and O–H groups in total. The predicted octanol–water partition coefficient (Wildman–Crippen LogP) is 5.13. The zero-order valence-electron chi connectivity index (χ0n) is 11.2. The van der Waals surface area contributed by atoms with Crippen LogP contribution in [0.1, 0.15) is 39.5 Å². The summed E-state index contributed by atoms with van der Waals surface area (Å²) in [6.07, 6.45) is 14.0. The van der Waals surface area contributed by atoms with Crippen LogP contribution < -0.4 is 0 Å². The number of halogens is 2. The number of hydrogen-bond donors (Lipinski definition) is 0. The summed E-state index contributed by atoms with van der Waals surface area (Å²) in [7, 11) is 0. The minimum absolute atomic E-state index is 0. The van der Waals surface area contributed by atoms with Crippen LogP contribution in [0.4, 0.5) is 0 Å². The van der Waals surface area contributed by atoms with Gasteiger partial charge in [0.2, 0.25) is 0 Å². The molecule has 2 aliphatic carbocycles. The third kappa shape index (κ3) is 3.57. The molecule has 100 valence electrons. The molecular formula is C15H22Cl2Ti.